The minimum Gasteiger partial charge on any atom is -0.379 e. The molecule has 1 N–H and O–H groups in total. The van der Waals surface area contributed by atoms with Gasteiger partial charge in [-0.3, -0.25) is 9.69 Å². The molecule has 1 aromatic rings. The summed E-state index contributed by atoms with van der Waals surface area (Å²) in [5, 5.41) is 10.5. The number of aliphatic hydroxyl groups is 1. The minimum atomic E-state index is -0.511. The molecule has 7 rings (SSSR count). The van der Waals surface area contributed by atoms with Gasteiger partial charge in [-0.2, -0.15) is 4.99 Å². The highest BCUT2D eigenvalue weighted by atomic mass is 19.1. The summed E-state index contributed by atoms with van der Waals surface area (Å²) in [6, 6.07) is 7.83. The number of hydrogen-bond acceptors (Lipinski definition) is 5. The Labute approximate surface area is 237 Å². The topological polar surface area (TPSA) is 59.4 Å². The van der Waals surface area contributed by atoms with Crippen molar-refractivity contribution in [3.8, 4) is 0 Å². The second kappa shape index (κ2) is 9.23. The van der Waals surface area contributed by atoms with Gasteiger partial charge in [0.1, 0.15) is 30.0 Å². The molecular formula is C32H43FN5O2+. The van der Waals surface area contributed by atoms with Crippen molar-refractivity contribution in [2.24, 2.45) is 10.9 Å². The van der Waals surface area contributed by atoms with Gasteiger partial charge in [0, 0.05) is 75.9 Å². The number of benzene rings is 1. The summed E-state index contributed by atoms with van der Waals surface area (Å²) in [5.41, 5.74) is 5.30. The molecule has 3 saturated heterocycles. The van der Waals surface area contributed by atoms with Gasteiger partial charge in [-0.15, -0.1) is 0 Å². The zero-order valence-electron chi connectivity index (χ0n) is 24.3. The molecule has 7 nitrogen and oxygen atoms in total. The number of amides is 1. The smallest absolute Gasteiger partial charge is 0.222 e. The molecule has 0 radical (unpaired) electrons. The van der Waals surface area contributed by atoms with Crippen LogP contribution in [0.25, 0.3) is 0 Å². The van der Waals surface area contributed by atoms with E-state index < -0.39 is 6.23 Å². The fraction of sp³-hybridized carbons (Fsp3) is 0.625. The molecule has 3 fully saturated rings. The third-order valence-corrected chi connectivity index (χ3v) is 11.2. The first-order chi connectivity index (χ1) is 19.2. The molecule has 1 aromatic carbocycles. The predicted molar refractivity (Wildman–Crippen MR) is 152 cm³/mol. The molecule has 2 bridgehead atoms. The first-order valence-electron chi connectivity index (χ1n) is 15.3. The largest absolute Gasteiger partial charge is 0.379 e. The number of fused-ring (bicyclic) bond motifs is 4. The second-order valence-electron chi connectivity index (χ2n) is 13.2. The van der Waals surface area contributed by atoms with Crippen LogP contribution in [0.5, 0.6) is 0 Å². The van der Waals surface area contributed by atoms with Crippen LogP contribution >= 0.6 is 0 Å². The molecular weight excluding hydrogens is 505 g/mol. The molecule has 40 heavy (non-hydrogen) atoms. The molecule has 2 spiro atoms. The quantitative estimate of drug-likeness (QED) is 0.443. The summed E-state index contributed by atoms with van der Waals surface area (Å²) in [6.07, 6.45) is 6.74. The van der Waals surface area contributed by atoms with Crippen LogP contribution in [0.3, 0.4) is 0 Å². The Morgan fingerprint density at radius 3 is 2.85 bits per heavy atom. The minimum absolute atomic E-state index is 0.187. The second-order valence-corrected chi connectivity index (χ2v) is 13.2. The fourth-order valence-electron chi connectivity index (χ4n) is 9.28. The summed E-state index contributed by atoms with van der Waals surface area (Å²) in [4.78, 5) is 24.3. The van der Waals surface area contributed by atoms with E-state index in [1.165, 1.54) is 23.3 Å². The van der Waals surface area contributed by atoms with Crippen LogP contribution < -0.4 is 0 Å². The Balaban J connectivity index is 1.13. The lowest BCUT2D eigenvalue weighted by molar-refractivity contribution is -0.693. The average molecular weight is 549 g/mol. The van der Waals surface area contributed by atoms with E-state index in [1.807, 2.05) is 24.8 Å². The van der Waals surface area contributed by atoms with E-state index in [1.54, 1.807) is 6.07 Å². The molecule has 8 heteroatoms. The van der Waals surface area contributed by atoms with Crippen LogP contribution in [0.2, 0.25) is 0 Å². The van der Waals surface area contributed by atoms with Crippen LogP contribution in [-0.4, -0.2) is 92.6 Å². The van der Waals surface area contributed by atoms with E-state index in [4.69, 9.17) is 4.99 Å². The monoisotopic (exact) mass is 548 g/mol. The van der Waals surface area contributed by atoms with Crippen molar-refractivity contribution >= 4 is 11.7 Å². The molecule has 0 aromatic heterocycles. The van der Waals surface area contributed by atoms with Gasteiger partial charge < -0.3 is 14.9 Å². The molecule has 0 saturated carbocycles. The number of aliphatic imine (C=N–C) groups is 1. The van der Waals surface area contributed by atoms with Crippen molar-refractivity contribution in [3.63, 3.8) is 0 Å². The Morgan fingerprint density at radius 2 is 2.12 bits per heavy atom. The lowest BCUT2D eigenvalue weighted by Crippen LogP contribution is -2.52. The van der Waals surface area contributed by atoms with Crippen LogP contribution in [0.1, 0.15) is 71.3 Å². The maximum atomic E-state index is 14.2. The number of carbonyl (C=O) groups excluding carboxylic acids is 1. The highest BCUT2D eigenvalue weighted by Crippen LogP contribution is 2.63. The van der Waals surface area contributed by atoms with Gasteiger partial charge in [-0.05, 0) is 43.9 Å². The fourth-order valence-corrected chi connectivity index (χ4v) is 9.28. The predicted octanol–water partition coefficient (Wildman–Crippen LogP) is 4.18. The van der Waals surface area contributed by atoms with Gasteiger partial charge in [0.2, 0.25) is 11.7 Å². The lowest BCUT2D eigenvalue weighted by Gasteiger charge is -2.45. The molecule has 7 atom stereocenters. The molecule has 214 valence electrons. The van der Waals surface area contributed by atoms with E-state index in [0.717, 1.165) is 67.6 Å². The van der Waals surface area contributed by atoms with E-state index in [0.29, 0.717) is 31.0 Å². The van der Waals surface area contributed by atoms with Crippen LogP contribution in [0.15, 0.2) is 52.4 Å². The van der Waals surface area contributed by atoms with Crippen molar-refractivity contribution in [2.75, 3.05) is 32.7 Å². The molecule has 6 heterocycles. The number of rotatable bonds is 5. The number of quaternary nitrogens is 1. The van der Waals surface area contributed by atoms with Gasteiger partial charge in [-0.25, -0.2) is 8.87 Å². The number of carbonyl (C=O) groups is 1. The standard InChI is InChI=1S/C32H43FN5O2/c1-5-31(40)35-12-11-30-29(18-35)34-21(3)38(30)19-32(38)14-25-9-10-26(15-32)37(25)20(2)27-16-36(22(4)39)17-28(27)23-7-6-8-24(33)13-23/h6-9,13,20,22,26-28,39H,5,10-12,14-19H2,1-4H3/q+1/t20-,22?,26+,27+,28+,32-,38?/m0/s1. The molecule has 1 amide bonds. The van der Waals surface area contributed by atoms with E-state index in [-0.39, 0.29) is 23.2 Å². The van der Waals surface area contributed by atoms with Crippen molar-refractivity contribution < 1.29 is 18.8 Å². The first kappa shape index (κ1) is 26.4. The Bertz CT molecular complexity index is 1340. The number of amidine groups is 1. The first-order valence-corrected chi connectivity index (χ1v) is 15.3. The zero-order valence-corrected chi connectivity index (χ0v) is 24.3. The van der Waals surface area contributed by atoms with Gasteiger partial charge in [0.15, 0.2) is 5.54 Å². The number of likely N-dealkylation sites (tertiary alicyclic amines) is 1. The van der Waals surface area contributed by atoms with Gasteiger partial charge >= 0.3 is 0 Å². The highest BCUT2D eigenvalue weighted by molar-refractivity contribution is 5.81. The van der Waals surface area contributed by atoms with Crippen LogP contribution in [-0.2, 0) is 4.79 Å². The molecule has 0 aliphatic carbocycles. The Hall–Kier alpha value is -2.55. The highest BCUT2D eigenvalue weighted by Gasteiger charge is 2.77. The SMILES string of the molecule is CCC(=O)N1CCC2=C(C1)N=C(C)[N+]21C[C@@]12CC1=CC[C@H](C2)N1[C@@H](C)[C@H]1CN(C(C)O)C[C@@H]1c1cccc(F)c1. The van der Waals surface area contributed by atoms with Crippen LogP contribution in [0.4, 0.5) is 4.39 Å². The number of hydrogen-bond donors (Lipinski definition) is 1. The summed E-state index contributed by atoms with van der Waals surface area (Å²) in [5.74, 6) is 1.74. The molecule has 2 unspecified atom stereocenters. The van der Waals surface area contributed by atoms with Gasteiger partial charge in [-0.1, -0.05) is 25.1 Å². The summed E-state index contributed by atoms with van der Waals surface area (Å²) >= 11 is 0. The van der Waals surface area contributed by atoms with Crippen LogP contribution in [0, 0.1) is 11.7 Å². The summed E-state index contributed by atoms with van der Waals surface area (Å²) < 4.78 is 15.2. The van der Waals surface area contributed by atoms with E-state index in [2.05, 4.69) is 35.8 Å². The summed E-state index contributed by atoms with van der Waals surface area (Å²) in [6.45, 7) is 12.5. The zero-order chi connectivity index (χ0) is 28.0. The third-order valence-electron chi connectivity index (χ3n) is 11.2. The number of aliphatic hydroxyl groups excluding tert-OH is 1. The van der Waals surface area contributed by atoms with Gasteiger partial charge in [0.25, 0.3) is 0 Å². The van der Waals surface area contributed by atoms with Crippen molar-refractivity contribution in [1.29, 1.82) is 0 Å². The van der Waals surface area contributed by atoms with Crippen molar-refractivity contribution in [3.05, 3.63) is 58.8 Å². The average Bonchev–Trinajstić information content (AvgIpc) is 3.19. The number of piperidine rings is 1. The molecule has 6 aliphatic rings. The van der Waals surface area contributed by atoms with Gasteiger partial charge in [0.05, 0.1) is 6.54 Å². The van der Waals surface area contributed by atoms with Crippen molar-refractivity contribution in [1.82, 2.24) is 14.7 Å². The Kier molecular flexibility index (Phi) is 6.08. The number of halogens is 1. The Morgan fingerprint density at radius 1 is 1.30 bits per heavy atom. The maximum Gasteiger partial charge on any atom is 0.222 e. The summed E-state index contributed by atoms with van der Waals surface area (Å²) in [7, 11) is 0. The van der Waals surface area contributed by atoms with E-state index in [9.17, 15) is 14.3 Å². The third kappa shape index (κ3) is 3.71. The molecule has 6 aliphatic heterocycles. The van der Waals surface area contributed by atoms with E-state index >= 15 is 0 Å². The number of nitrogens with zero attached hydrogens (tertiary/aromatic N) is 5. The van der Waals surface area contributed by atoms with Crippen molar-refractivity contribution in [2.45, 2.75) is 89.6 Å². The normalized spacial score (nSPS) is 36.3. The maximum absolute atomic E-state index is 14.2. The lowest BCUT2D eigenvalue weighted by atomic mass is 9.81.